The van der Waals surface area contributed by atoms with E-state index in [1.165, 1.54) is 4.90 Å². The molecule has 0 N–H and O–H groups in total. The number of rotatable bonds is 8. The third-order valence-corrected chi connectivity index (χ3v) is 5.13. The number of ether oxygens (including phenoxy) is 1. The molecule has 146 valence electrons. The average molecular weight is 398 g/mol. The number of carbonyl (C=O) groups is 2. The summed E-state index contributed by atoms with van der Waals surface area (Å²) in [6.45, 7) is 2.66. The average Bonchev–Trinajstić information content (AvgIpc) is 3.09. The van der Waals surface area contributed by atoms with Crippen LogP contribution in [0.3, 0.4) is 0 Å². The molecule has 0 saturated heterocycles. The molecule has 0 fully saturated rings. The molecule has 7 heteroatoms. The number of esters is 1. The Morgan fingerprint density at radius 1 is 1.04 bits per heavy atom. The molecule has 0 radical (unpaired) electrons. The number of nitrogens with zero attached hydrogens (tertiary/aromatic N) is 3. The monoisotopic (exact) mass is 397 g/mol. The van der Waals surface area contributed by atoms with Gasteiger partial charge in [0.1, 0.15) is 11.6 Å². The minimum absolute atomic E-state index is 0.105. The predicted molar refractivity (Wildman–Crippen MR) is 111 cm³/mol. The molecule has 1 amide bonds. The van der Waals surface area contributed by atoms with Crippen molar-refractivity contribution >= 4 is 39.1 Å². The van der Waals surface area contributed by atoms with Gasteiger partial charge in [-0.05, 0) is 38.2 Å². The molecule has 0 aliphatic carbocycles. The molecule has 0 aliphatic rings. The molecule has 2 aromatic carbocycles. The van der Waals surface area contributed by atoms with Crippen molar-refractivity contribution in [2.45, 2.75) is 13.5 Å². The minimum Gasteiger partial charge on any atom is -0.465 e. The molecule has 1 heterocycles. The molecule has 0 aliphatic heterocycles. The summed E-state index contributed by atoms with van der Waals surface area (Å²) in [7, 11) is 1.87. The summed E-state index contributed by atoms with van der Waals surface area (Å²) < 4.78 is 6.15. The number of amides is 1. The van der Waals surface area contributed by atoms with Crippen LogP contribution in [0.2, 0.25) is 0 Å². The maximum Gasteiger partial charge on any atom is 0.326 e. The molecule has 1 aromatic heterocycles. The van der Waals surface area contributed by atoms with E-state index in [2.05, 4.69) is 4.98 Å². The van der Waals surface area contributed by atoms with Crippen LogP contribution in [-0.4, -0.2) is 48.5 Å². The normalized spacial score (nSPS) is 11.0. The van der Waals surface area contributed by atoms with Crippen molar-refractivity contribution in [1.29, 1.82) is 0 Å². The zero-order chi connectivity index (χ0) is 19.9. The fraction of sp³-hybridized carbons (Fsp3) is 0.286. The van der Waals surface area contributed by atoms with Gasteiger partial charge in [-0.1, -0.05) is 30.3 Å². The van der Waals surface area contributed by atoms with E-state index in [1.807, 2.05) is 66.5 Å². The van der Waals surface area contributed by atoms with Gasteiger partial charge in [0.2, 0.25) is 5.91 Å². The molecule has 0 spiro atoms. The first-order valence-electron chi connectivity index (χ1n) is 9.11. The van der Waals surface area contributed by atoms with Crippen molar-refractivity contribution < 1.29 is 14.3 Å². The summed E-state index contributed by atoms with van der Waals surface area (Å²) in [5.41, 5.74) is 1.64. The topological polar surface area (TPSA) is 62.7 Å². The van der Waals surface area contributed by atoms with Crippen molar-refractivity contribution in [3.8, 4) is 0 Å². The Kier molecular flexibility index (Phi) is 6.73. The van der Waals surface area contributed by atoms with Crippen LogP contribution < -0.4 is 4.90 Å². The highest BCUT2D eigenvalue weighted by Crippen LogP contribution is 2.22. The Labute approximate surface area is 168 Å². The van der Waals surface area contributed by atoms with E-state index in [1.54, 1.807) is 18.3 Å². The molecule has 0 saturated carbocycles. The van der Waals surface area contributed by atoms with Crippen LogP contribution in [0, 0.1) is 0 Å². The standard InChI is InChI=1S/C21H23N3O3S/c1-3-27-21(26)15-24(16-9-5-4-6-10-16)20(25)14-23(2)13-19-22-17-11-7-8-12-18(17)28-19/h4-12H,3,13-15H2,1-2H3. The van der Waals surface area contributed by atoms with Gasteiger partial charge in [0.05, 0.1) is 29.9 Å². The van der Waals surface area contributed by atoms with Crippen LogP contribution >= 0.6 is 11.3 Å². The molecule has 0 bridgehead atoms. The summed E-state index contributed by atoms with van der Waals surface area (Å²) in [6, 6.07) is 17.1. The van der Waals surface area contributed by atoms with Crippen LogP contribution in [-0.2, 0) is 20.9 Å². The number of fused-ring (bicyclic) bond motifs is 1. The predicted octanol–water partition coefficient (Wildman–Crippen LogP) is 3.32. The zero-order valence-electron chi connectivity index (χ0n) is 16.0. The molecular weight excluding hydrogens is 374 g/mol. The Morgan fingerprint density at radius 2 is 1.75 bits per heavy atom. The highest BCUT2D eigenvalue weighted by molar-refractivity contribution is 7.18. The van der Waals surface area contributed by atoms with Gasteiger partial charge in [0.15, 0.2) is 0 Å². The van der Waals surface area contributed by atoms with Crippen LogP contribution in [0.5, 0.6) is 0 Å². The van der Waals surface area contributed by atoms with Crippen LogP contribution in [0.25, 0.3) is 10.2 Å². The first kappa shape index (κ1) is 20.0. The van der Waals surface area contributed by atoms with E-state index >= 15 is 0 Å². The first-order chi connectivity index (χ1) is 13.6. The maximum absolute atomic E-state index is 12.9. The second-order valence-corrected chi connectivity index (χ2v) is 7.48. The Hall–Kier alpha value is -2.77. The summed E-state index contributed by atoms with van der Waals surface area (Å²) in [5.74, 6) is -0.587. The van der Waals surface area contributed by atoms with E-state index in [-0.39, 0.29) is 25.6 Å². The Balaban J connectivity index is 1.68. The fourth-order valence-corrected chi connectivity index (χ4v) is 3.91. The van der Waals surface area contributed by atoms with E-state index in [4.69, 9.17) is 4.74 Å². The van der Waals surface area contributed by atoms with E-state index in [9.17, 15) is 9.59 Å². The van der Waals surface area contributed by atoms with Crippen LogP contribution in [0.1, 0.15) is 11.9 Å². The molecule has 6 nitrogen and oxygen atoms in total. The van der Waals surface area contributed by atoms with Gasteiger partial charge in [-0.2, -0.15) is 0 Å². The number of aromatic nitrogens is 1. The maximum atomic E-state index is 12.9. The van der Waals surface area contributed by atoms with Gasteiger partial charge in [0.25, 0.3) is 0 Å². The zero-order valence-corrected chi connectivity index (χ0v) is 16.8. The fourth-order valence-electron chi connectivity index (χ4n) is 2.86. The van der Waals surface area contributed by atoms with Gasteiger partial charge < -0.3 is 9.64 Å². The molecule has 3 aromatic rings. The lowest BCUT2D eigenvalue weighted by Crippen LogP contribution is -2.42. The van der Waals surface area contributed by atoms with Crippen molar-refractivity contribution in [2.75, 3.05) is 31.6 Å². The molecule has 0 unspecified atom stereocenters. The Bertz CT molecular complexity index is 909. The molecule has 0 atom stereocenters. The third kappa shape index (κ3) is 5.15. The summed E-state index contributed by atoms with van der Waals surface area (Å²) in [5, 5.41) is 0.952. The lowest BCUT2D eigenvalue weighted by Gasteiger charge is -2.24. The van der Waals surface area contributed by atoms with Gasteiger partial charge >= 0.3 is 5.97 Å². The number of hydrogen-bond acceptors (Lipinski definition) is 6. The highest BCUT2D eigenvalue weighted by Gasteiger charge is 2.21. The van der Waals surface area contributed by atoms with E-state index in [0.29, 0.717) is 12.2 Å². The van der Waals surface area contributed by atoms with Crippen molar-refractivity contribution in [3.05, 3.63) is 59.6 Å². The largest absolute Gasteiger partial charge is 0.465 e. The number of likely N-dealkylation sites (N-methyl/N-ethyl adjacent to an activating group) is 1. The van der Waals surface area contributed by atoms with Crippen molar-refractivity contribution in [1.82, 2.24) is 9.88 Å². The minimum atomic E-state index is -0.423. The van der Waals surface area contributed by atoms with Gasteiger partial charge in [-0.3, -0.25) is 14.5 Å². The number of benzene rings is 2. The summed E-state index contributed by atoms with van der Waals surface area (Å²) in [4.78, 5) is 32.9. The van der Waals surface area contributed by atoms with Crippen LogP contribution in [0.4, 0.5) is 5.69 Å². The first-order valence-corrected chi connectivity index (χ1v) is 9.92. The molecule has 3 rings (SSSR count). The van der Waals surface area contributed by atoms with Crippen molar-refractivity contribution in [2.24, 2.45) is 0 Å². The lowest BCUT2D eigenvalue weighted by molar-refractivity contribution is -0.142. The van der Waals surface area contributed by atoms with Crippen molar-refractivity contribution in [3.63, 3.8) is 0 Å². The van der Waals surface area contributed by atoms with Gasteiger partial charge in [-0.25, -0.2) is 4.98 Å². The SMILES string of the molecule is CCOC(=O)CN(C(=O)CN(C)Cc1nc2ccccc2s1)c1ccccc1. The smallest absolute Gasteiger partial charge is 0.326 e. The molecular formula is C21H23N3O3S. The molecule has 28 heavy (non-hydrogen) atoms. The second-order valence-electron chi connectivity index (χ2n) is 6.37. The second kappa shape index (κ2) is 9.43. The third-order valence-electron chi connectivity index (χ3n) is 4.11. The number of hydrogen-bond donors (Lipinski definition) is 0. The van der Waals surface area contributed by atoms with Crippen LogP contribution in [0.15, 0.2) is 54.6 Å². The van der Waals surface area contributed by atoms with Gasteiger partial charge in [-0.15, -0.1) is 11.3 Å². The number of carbonyl (C=O) groups excluding carboxylic acids is 2. The summed E-state index contributed by atoms with van der Waals surface area (Å²) in [6.07, 6.45) is 0. The Morgan fingerprint density at radius 3 is 2.46 bits per heavy atom. The lowest BCUT2D eigenvalue weighted by atomic mass is 10.2. The van der Waals surface area contributed by atoms with E-state index in [0.717, 1.165) is 15.2 Å². The van der Waals surface area contributed by atoms with E-state index < -0.39 is 5.97 Å². The number of thiazole rings is 1. The summed E-state index contributed by atoms with van der Waals surface area (Å²) >= 11 is 1.62. The highest BCUT2D eigenvalue weighted by atomic mass is 32.1. The van der Waals surface area contributed by atoms with Gasteiger partial charge in [0, 0.05) is 5.69 Å². The number of anilines is 1. The quantitative estimate of drug-likeness (QED) is 0.546. The number of para-hydroxylation sites is 2.